The third-order valence-corrected chi connectivity index (χ3v) is 11.2. The van der Waals surface area contributed by atoms with Gasteiger partial charge in [0.25, 0.3) is 10.0 Å². The normalized spacial score (nSPS) is 17.6. The van der Waals surface area contributed by atoms with Crippen molar-refractivity contribution in [2.24, 2.45) is 5.92 Å². The van der Waals surface area contributed by atoms with Gasteiger partial charge in [-0.1, -0.05) is 60.1 Å². The first-order valence-electron chi connectivity index (χ1n) is 16.6. The van der Waals surface area contributed by atoms with Crippen molar-refractivity contribution in [3.63, 3.8) is 0 Å². The molecule has 8 nitrogen and oxygen atoms in total. The summed E-state index contributed by atoms with van der Waals surface area (Å²) in [5, 5.41) is -0.151. The zero-order valence-corrected chi connectivity index (χ0v) is 30.2. The van der Waals surface area contributed by atoms with Crippen molar-refractivity contribution in [3.05, 3.63) is 143 Å². The molecular weight excluding hydrogens is 734 g/mol. The number of aromatic nitrogens is 2. The average Bonchev–Trinajstić information content (AvgIpc) is 3.16. The molecule has 1 aromatic heterocycles. The topological polar surface area (TPSA) is 90.9 Å². The molecule has 53 heavy (non-hydrogen) atoms. The van der Waals surface area contributed by atoms with Gasteiger partial charge >= 0.3 is 6.18 Å². The van der Waals surface area contributed by atoms with E-state index in [9.17, 15) is 21.6 Å². The first-order valence-corrected chi connectivity index (χ1v) is 18.4. The maximum Gasteiger partial charge on any atom is 0.416 e. The van der Waals surface area contributed by atoms with Crippen LogP contribution in [0, 0.1) is 18.2 Å². The fourth-order valence-electron chi connectivity index (χ4n) is 6.51. The predicted molar refractivity (Wildman–Crippen MR) is 192 cm³/mol. The highest BCUT2D eigenvalue weighted by Crippen LogP contribution is 2.42. The second-order valence-electron chi connectivity index (χ2n) is 12.5. The molecule has 0 bridgehead atoms. The van der Waals surface area contributed by atoms with Crippen LogP contribution < -0.4 is 18.5 Å². The number of hydrogen-bond donors (Lipinski definition) is 0. The maximum absolute atomic E-state index is 16.1. The van der Waals surface area contributed by atoms with E-state index in [0.717, 1.165) is 28.1 Å². The molecule has 1 fully saturated rings. The van der Waals surface area contributed by atoms with Crippen molar-refractivity contribution < 1.29 is 40.2 Å². The highest BCUT2D eigenvalue weighted by Gasteiger charge is 2.37. The van der Waals surface area contributed by atoms with Crippen molar-refractivity contribution in [2.45, 2.75) is 48.9 Å². The SMILES string of the molecule is COc1ccc(CN(c2ccncn2)S(=O)(=O)c2cc(Cl)c(O[C@H]3[CH]C[C@H](c4cccc(C(F)(F)F)c4)C[C@H]3Cc3ccccc3)cc2F)c(OC)c1. The number of hydrogen-bond acceptors (Lipinski definition) is 7. The van der Waals surface area contributed by atoms with E-state index in [1.807, 2.05) is 36.8 Å². The molecule has 277 valence electrons. The van der Waals surface area contributed by atoms with Gasteiger partial charge in [-0.3, -0.25) is 0 Å². The smallest absolute Gasteiger partial charge is 0.416 e. The molecule has 4 aromatic carbocycles. The summed E-state index contributed by atoms with van der Waals surface area (Å²) < 4.78 is 103. The van der Waals surface area contributed by atoms with Crippen LogP contribution in [0.2, 0.25) is 5.02 Å². The van der Waals surface area contributed by atoms with Crippen LogP contribution in [0.3, 0.4) is 0 Å². The Balaban J connectivity index is 1.29. The maximum atomic E-state index is 16.1. The van der Waals surface area contributed by atoms with E-state index in [1.54, 1.807) is 24.3 Å². The minimum absolute atomic E-state index is 0.0235. The third-order valence-electron chi connectivity index (χ3n) is 9.18. The number of sulfonamides is 1. The number of benzene rings is 4. The number of methoxy groups -OCH3 is 2. The van der Waals surface area contributed by atoms with Gasteiger partial charge in [0.2, 0.25) is 0 Å². The Labute approximate surface area is 310 Å². The van der Waals surface area contributed by atoms with Crippen molar-refractivity contribution in [3.8, 4) is 17.2 Å². The molecular formula is C39H35ClF4N3O5S. The van der Waals surface area contributed by atoms with Gasteiger partial charge in [0.1, 0.15) is 46.2 Å². The van der Waals surface area contributed by atoms with E-state index in [4.69, 9.17) is 25.8 Å². The van der Waals surface area contributed by atoms with Gasteiger partial charge in [-0.25, -0.2) is 27.1 Å². The van der Waals surface area contributed by atoms with Crippen LogP contribution in [0.1, 0.15) is 41.0 Å². The molecule has 0 N–H and O–H groups in total. The van der Waals surface area contributed by atoms with Crippen LogP contribution >= 0.6 is 11.6 Å². The zero-order valence-electron chi connectivity index (χ0n) is 28.6. The highest BCUT2D eigenvalue weighted by atomic mass is 35.5. The minimum Gasteiger partial charge on any atom is -0.497 e. The Morgan fingerprint density at radius 3 is 2.42 bits per heavy atom. The summed E-state index contributed by atoms with van der Waals surface area (Å²) in [5.74, 6) is -0.839. The molecule has 0 amide bonds. The number of halogens is 5. The summed E-state index contributed by atoms with van der Waals surface area (Å²) in [7, 11) is -1.73. The lowest BCUT2D eigenvalue weighted by atomic mass is 9.74. The summed E-state index contributed by atoms with van der Waals surface area (Å²) >= 11 is 6.66. The molecule has 1 saturated carbocycles. The molecule has 1 radical (unpaired) electrons. The summed E-state index contributed by atoms with van der Waals surface area (Å²) in [6.45, 7) is -0.285. The summed E-state index contributed by atoms with van der Waals surface area (Å²) in [5.41, 5.74) is 1.28. The Kier molecular flexibility index (Phi) is 11.4. The number of alkyl halides is 3. The summed E-state index contributed by atoms with van der Waals surface area (Å²) in [6.07, 6.45) is 0.704. The van der Waals surface area contributed by atoms with Crippen LogP contribution in [0.4, 0.5) is 23.4 Å². The molecule has 1 aliphatic carbocycles. The lowest BCUT2D eigenvalue weighted by Crippen LogP contribution is -2.35. The van der Waals surface area contributed by atoms with E-state index < -0.39 is 38.6 Å². The van der Waals surface area contributed by atoms with Gasteiger partial charge in [-0.15, -0.1) is 0 Å². The molecule has 1 heterocycles. The van der Waals surface area contributed by atoms with Gasteiger partial charge in [-0.05, 0) is 60.6 Å². The second-order valence-corrected chi connectivity index (χ2v) is 14.8. The van der Waals surface area contributed by atoms with Gasteiger partial charge in [0.15, 0.2) is 0 Å². The van der Waals surface area contributed by atoms with Crippen LogP contribution in [0.25, 0.3) is 0 Å². The van der Waals surface area contributed by atoms with Gasteiger partial charge in [-0.2, -0.15) is 13.2 Å². The molecule has 0 unspecified atom stereocenters. The molecule has 0 spiro atoms. The van der Waals surface area contributed by atoms with Gasteiger partial charge in [0.05, 0.1) is 31.4 Å². The van der Waals surface area contributed by atoms with Crippen LogP contribution in [0.15, 0.2) is 108 Å². The zero-order chi connectivity index (χ0) is 37.8. The third kappa shape index (κ3) is 8.68. The first-order chi connectivity index (χ1) is 25.4. The molecule has 5 aromatic rings. The lowest BCUT2D eigenvalue weighted by molar-refractivity contribution is -0.137. The monoisotopic (exact) mass is 768 g/mol. The first kappa shape index (κ1) is 37.9. The summed E-state index contributed by atoms with van der Waals surface area (Å²) in [6, 6.07) is 23.1. The van der Waals surface area contributed by atoms with E-state index in [0.29, 0.717) is 41.9 Å². The Bertz CT molecular complexity index is 2140. The second kappa shape index (κ2) is 16.0. The summed E-state index contributed by atoms with van der Waals surface area (Å²) in [4.78, 5) is 7.29. The number of rotatable bonds is 12. The standard InChI is InChI=1S/C39H35ClF4N3O5S/c1-50-31-13-11-28(35(20-31)51-2)23-47(38-15-16-45-24-46-38)53(48,49)37-21-32(40)36(22-33(37)41)52-34-14-12-27(18-29(34)17-25-7-4-3-5-8-25)26-9-6-10-30(19-26)39(42,43)44/h3-11,13-16,19-22,24,27,29,34H,12,17-18,23H2,1-2H3/t27-,29+,34-/m0/s1. The Hall–Kier alpha value is -4.88. The molecule has 0 saturated heterocycles. The Morgan fingerprint density at radius 2 is 1.72 bits per heavy atom. The van der Waals surface area contributed by atoms with Crippen LogP contribution in [0.5, 0.6) is 17.2 Å². The van der Waals surface area contributed by atoms with Crippen molar-refractivity contribution in [1.82, 2.24) is 9.97 Å². The van der Waals surface area contributed by atoms with Crippen LogP contribution in [-0.2, 0) is 29.2 Å². The molecule has 3 atom stereocenters. The molecule has 1 aliphatic rings. The van der Waals surface area contributed by atoms with E-state index in [2.05, 4.69) is 9.97 Å². The van der Waals surface area contributed by atoms with Crippen molar-refractivity contribution in [2.75, 3.05) is 18.5 Å². The average molecular weight is 769 g/mol. The van der Waals surface area contributed by atoms with Gasteiger partial charge < -0.3 is 14.2 Å². The largest absolute Gasteiger partial charge is 0.497 e. The van der Waals surface area contributed by atoms with Gasteiger partial charge in [0, 0.05) is 42.3 Å². The highest BCUT2D eigenvalue weighted by molar-refractivity contribution is 7.92. The van der Waals surface area contributed by atoms with E-state index >= 15 is 4.39 Å². The minimum atomic E-state index is -4.65. The number of ether oxygens (including phenoxy) is 3. The lowest BCUT2D eigenvalue weighted by Gasteiger charge is -2.37. The number of nitrogens with zero attached hydrogens (tertiary/aromatic N) is 3. The van der Waals surface area contributed by atoms with Crippen molar-refractivity contribution in [1.29, 1.82) is 0 Å². The van der Waals surface area contributed by atoms with E-state index in [1.165, 1.54) is 44.9 Å². The molecule has 6 rings (SSSR count). The molecule has 14 heteroatoms. The van der Waals surface area contributed by atoms with Crippen molar-refractivity contribution >= 4 is 27.4 Å². The van der Waals surface area contributed by atoms with Crippen LogP contribution in [-0.4, -0.2) is 38.7 Å². The fraction of sp³-hybridized carbons (Fsp3) is 0.256. The fourth-order valence-corrected chi connectivity index (χ4v) is 8.26. The molecule has 0 aliphatic heterocycles. The van der Waals surface area contributed by atoms with E-state index in [-0.39, 0.29) is 35.0 Å². The number of anilines is 1. The quantitative estimate of drug-likeness (QED) is 0.117. The predicted octanol–water partition coefficient (Wildman–Crippen LogP) is 9.09. The Morgan fingerprint density at radius 1 is 0.925 bits per heavy atom.